The first kappa shape index (κ1) is 21.3. The molecule has 3 aromatic rings. The average Bonchev–Trinajstić information content (AvgIpc) is 3.20. The first-order valence-corrected chi connectivity index (χ1v) is 11.7. The van der Waals surface area contributed by atoms with Gasteiger partial charge in [-0.25, -0.2) is 0 Å². The van der Waals surface area contributed by atoms with Crippen molar-refractivity contribution in [3.63, 3.8) is 0 Å². The molecule has 0 radical (unpaired) electrons. The smallest absolute Gasteiger partial charge is 0.278 e. The number of rotatable bonds is 3. The Hall–Kier alpha value is -4.27. The second kappa shape index (κ2) is 8.19. The van der Waals surface area contributed by atoms with Gasteiger partial charge in [0.2, 0.25) is 11.3 Å². The lowest BCUT2D eigenvalue weighted by Gasteiger charge is -2.44. The van der Waals surface area contributed by atoms with Gasteiger partial charge in [0.1, 0.15) is 13.2 Å². The van der Waals surface area contributed by atoms with Gasteiger partial charge < -0.3 is 14.7 Å². The zero-order valence-electron chi connectivity index (χ0n) is 19.2. The number of nitrogens with one attached hydrogen (secondary N) is 1. The SMILES string of the molecule is CC1NN=C(CN2CN(C3c4ccccc4CCc4ccccc43)n3ccc(=O)c(O)c3C2=O)O1. The zero-order valence-corrected chi connectivity index (χ0v) is 19.2. The highest BCUT2D eigenvalue weighted by Crippen LogP contribution is 2.38. The molecule has 1 aromatic heterocycles. The van der Waals surface area contributed by atoms with E-state index in [2.05, 4.69) is 34.8 Å². The molecule has 0 bridgehead atoms. The first-order chi connectivity index (χ1) is 17.0. The van der Waals surface area contributed by atoms with Crippen molar-refractivity contribution in [2.24, 2.45) is 5.10 Å². The number of ether oxygens (including phenoxy) is 1. The van der Waals surface area contributed by atoms with E-state index in [1.54, 1.807) is 15.8 Å². The Morgan fingerprint density at radius 2 is 1.69 bits per heavy atom. The van der Waals surface area contributed by atoms with Gasteiger partial charge in [-0.2, -0.15) is 0 Å². The molecule has 0 fully saturated rings. The number of aromatic nitrogens is 1. The van der Waals surface area contributed by atoms with Crippen molar-refractivity contribution in [1.82, 2.24) is 15.0 Å². The Kier molecular flexibility index (Phi) is 4.98. The van der Waals surface area contributed by atoms with Crippen LogP contribution < -0.4 is 15.9 Å². The predicted molar refractivity (Wildman–Crippen MR) is 130 cm³/mol. The zero-order chi connectivity index (χ0) is 24.1. The fourth-order valence-corrected chi connectivity index (χ4v) is 5.19. The third-order valence-electron chi connectivity index (χ3n) is 6.81. The van der Waals surface area contributed by atoms with Crippen molar-refractivity contribution in [2.75, 3.05) is 18.2 Å². The van der Waals surface area contributed by atoms with Crippen molar-refractivity contribution >= 4 is 11.8 Å². The van der Waals surface area contributed by atoms with Crippen LogP contribution in [0.2, 0.25) is 0 Å². The van der Waals surface area contributed by atoms with Crippen LogP contribution >= 0.6 is 0 Å². The molecule has 2 aromatic carbocycles. The number of fused-ring (bicyclic) bond motifs is 3. The van der Waals surface area contributed by atoms with E-state index in [4.69, 9.17) is 4.74 Å². The predicted octanol–water partition coefficient (Wildman–Crippen LogP) is 2.07. The van der Waals surface area contributed by atoms with E-state index in [0.29, 0.717) is 5.90 Å². The molecule has 178 valence electrons. The Balaban J connectivity index is 1.53. The number of pyridine rings is 1. The number of carbonyl (C=O) groups is 1. The summed E-state index contributed by atoms with van der Waals surface area (Å²) in [6, 6.07) is 17.7. The normalized spacial score (nSPS) is 19.2. The second-order valence-corrected chi connectivity index (χ2v) is 9.00. The number of aromatic hydroxyl groups is 1. The van der Waals surface area contributed by atoms with Gasteiger partial charge in [-0.15, -0.1) is 5.10 Å². The van der Waals surface area contributed by atoms with Gasteiger partial charge in [0.25, 0.3) is 5.91 Å². The summed E-state index contributed by atoms with van der Waals surface area (Å²) >= 11 is 0. The molecule has 3 heterocycles. The number of hydrogen-bond donors (Lipinski definition) is 2. The number of aryl methyl sites for hydroxylation is 2. The maximum absolute atomic E-state index is 13.5. The van der Waals surface area contributed by atoms with Crippen molar-refractivity contribution in [3.8, 4) is 5.75 Å². The van der Waals surface area contributed by atoms with Crippen LogP contribution in [-0.2, 0) is 17.6 Å². The van der Waals surface area contributed by atoms with Crippen molar-refractivity contribution < 1.29 is 14.6 Å². The highest BCUT2D eigenvalue weighted by Gasteiger charge is 2.39. The maximum Gasteiger partial charge on any atom is 0.278 e. The van der Waals surface area contributed by atoms with Crippen molar-refractivity contribution in [1.29, 1.82) is 0 Å². The molecule has 9 nitrogen and oxygen atoms in total. The molecule has 1 amide bonds. The summed E-state index contributed by atoms with van der Waals surface area (Å²) in [5.74, 6) is -0.653. The lowest BCUT2D eigenvalue weighted by Crippen LogP contribution is -2.56. The molecule has 35 heavy (non-hydrogen) atoms. The van der Waals surface area contributed by atoms with Crippen LogP contribution in [0.5, 0.6) is 5.75 Å². The molecule has 3 aliphatic rings. The van der Waals surface area contributed by atoms with E-state index in [1.807, 2.05) is 36.2 Å². The summed E-state index contributed by atoms with van der Waals surface area (Å²) in [6.45, 7) is 2.13. The molecule has 0 saturated heterocycles. The molecule has 1 atom stereocenters. The lowest BCUT2D eigenvalue weighted by molar-refractivity contribution is 0.0693. The Morgan fingerprint density at radius 3 is 2.31 bits per heavy atom. The molecule has 2 N–H and O–H groups in total. The monoisotopic (exact) mass is 471 g/mol. The van der Waals surface area contributed by atoms with Crippen LogP contribution in [-0.4, -0.2) is 45.9 Å². The Bertz CT molecular complexity index is 1370. The Labute approximate surface area is 201 Å². The fourth-order valence-electron chi connectivity index (χ4n) is 5.19. The molecule has 6 rings (SSSR count). The topological polar surface area (TPSA) is 99.4 Å². The number of hydrazone groups is 1. The van der Waals surface area contributed by atoms with Crippen LogP contribution in [0.3, 0.4) is 0 Å². The third-order valence-corrected chi connectivity index (χ3v) is 6.81. The number of nitrogens with zero attached hydrogens (tertiary/aromatic N) is 4. The largest absolute Gasteiger partial charge is 0.502 e. The van der Waals surface area contributed by atoms with Crippen LogP contribution in [0.4, 0.5) is 0 Å². The van der Waals surface area contributed by atoms with Gasteiger partial charge in [0.05, 0.1) is 6.04 Å². The summed E-state index contributed by atoms with van der Waals surface area (Å²) in [7, 11) is 0. The minimum absolute atomic E-state index is 0.0671. The lowest BCUT2D eigenvalue weighted by atomic mass is 9.94. The molecule has 9 heteroatoms. The molecule has 0 saturated carbocycles. The Morgan fingerprint density at radius 1 is 1.03 bits per heavy atom. The van der Waals surface area contributed by atoms with Crippen LogP contribution in [0.1, 0.15) is 45.7 Å². The van der Waals surface area contributed by atoms with Crippen molar-refractivity contribution in [3.05, 3.63) is 99.0 Å². The number of amides is 1. The van der Waals surface area contributed by atoms with E-state index in [1.165, 1.54) is 17.2 Å². The van der Waals surface area contributed by atoms with Crippen LogP contribution in [0.15, 0.2) is 70.7 Å². The van der Waals surface area contributed by atoms with E-state index >= 15 is 0 Å². The number of carbonyl (C=O) groups excluding carboxylic acids is 1. The van der Waals surface area contributed by atoms with E-state index in [9.17, 15) is 14.7 Å². The van der Waals surface area contributed by atoms with Gasteiger partial charge in [-0.05, 0) is 42.0 Å². The highest BCUT2D eigenvalue weighted by atomic mass is 16.5. The van der Waals surface area contributed by atoms with E-state index in [-0.39, 0.29) is 31.2 Å². The summed E-state index contributed by atoms with van der Waals surface area (Å²) in [6.07, 6.45) is 3.08. The van der Waals surface area contributed by atoms with Gasteiger partial charge in [0, 0.05) is 12.3 Å². The summed E-state index contributed by atoms with van der Waals surface area (Å²) in [5, 5.41) is 16.9. The molecular weight excluding hydrogens is 446 g/mol. The van der Waals surface area contributed by atoms with Gasteiger partial charge in [0.15, 0.2) is 17.7 Å². The molecular formula is C26H25N5O4. The number of benzene rings is 2. The first-order valence-electron chi connectivity index (χ1n) is 11.7. The summed E-state index contributed by atoms with van der Waals surface area (Å²) < 4.78 is 7.29. The highest BCUT2D eigenvalue weighted by molar-refractivity contribution is 5.98. The van der Waals surface area contributed by atoms with Crippen LogP contribution in [0, 0.1) is 0 Å². The number of hydrogen-bond acceptors (Lipinski definition) is 7. The van der Waals surface area contributed by atoms with E-state index < -0.39 is 17.1 Å². The summed E-state index contributed by atoms with van der Waals surface area (Å²) in [4.78, 5) is 27.4. The molecule has 1 unspecified atom stereocenters. The fraction of sp³-hybridized carbons (Fsp3) is 0.269. The average molecular weight is 472 g/mol. The second-order valence-electron chi connectivity index (χ2n) is 9.00. The third kappa shape index (κ3) is 3.51. The van der Waals surface area contributed by atoms with Gasteiger partial charge in [-0.3, -0.25) is 24.7 Å². The molecule has 0 spiro atoms. The van der Waals surface area contributed by atoms with Gasteiger partial charge in [-0.1, -0.05) is 48.5 Å². The molecule has 2 aliphatic heterocycles. The van der Waals surface area contributed by atoms with Crippen molar-refractivity contribution in [2.45, 2.75) is 32.0 Å². The standard InChI is InChI=1S/C26H25N5O4/c1-16-27-28-22(35-16)14-29-15-31(30-13-12-21(32)25(33)24(30)26(29)34)23-19-8-4-2-6-17(19)10-11-18-7-3-5-9-20(18)23/h2-9,12-13,16,23,27,33H,10-11,14-15H2,1H3. The summed E-state index contributed by atoms with van der Waals surface area (Å²) in [5.41, 5.74) is 6.87. The van der Waals surface area contributed by atoms with Crippen LogP contribution in [0.25, 0.3) is 0 Å². The minimum atomic E-state index is -0.599. The van der Waals surface area contributed by atoms with Gasteiger partial charge >= 0.3 is 0 Å². The van der Waals surface area contributed by atoms with E-state index in [0.717, 1.165) is 24.0 Å². The molecule has 1 aliphatic carbocycles. The minimum Gasteiger partial charge on any atom is -0.502 e. The maximum atomic E-state index is 13.5. The quantitative estimate of drug-likeness (QED) is 0.607.